The number of aryl methyl sites for hydroxylation is 1. The largest absolute Gasteiger partial charge is 0.439 e. The van der Waals surface area contributed by atoms with Crippen molar-refractivity contribution in [3.63, 3.8) is 0 Å². The molecule has 1 heterocycles. The van der Waals surface area contributed by atoms with Gasteiger partial charge in [0.1, 0.15) is 0 Å². The number of hydrogen-bond donors (Lipinski definition) is 1. The molecule has 3 nitrogen and oxygen atoms in total. The average Bonchev–Trinajstić information content (AvgIpc) is 2.81. The summed E-state index contributed by atoms with van der Waals surface area (Å²) < 4.78 is 6.77. The average molecular weight is 309 g/mol. The second kappa shape index (κ2) is 6.16. The van der Waals surface area contributed by atoms with Gasteiger partial charge in [-0.25, -0.2) is 4.98 Å². The second-order valence-corrected chi connectivity index (χ2v) is 5.13. The Balaban J connectivity index is 2.16. The van der Waals surface area contributed by atoms with Crippen molar-refractivity contribution < 1.29 is 4.42 Å². The van der Waals surface area contributed by atoms with Gasteiger partial charge in [0.2, 0.25) is 5.89 Å². The van der Waals surface area contributed by atoms with Gasteiger partial charge in [-0.1, -0.05) is 34.5 Å². The number of benzene rings is 1. The van der Waals surface area contributed by atoms with Crippen molar-refractivity contribution in [2.45, 2.75) is 26.8 Å². The van der Waals surface area contributed by atoms with Gasteiger partial charge in [-0.3, -0.25) is 0 Å². The van der Waals surface area contributed by atoms with E-state index in [9.17, 15) is 0 Å². The number of oxazole rings is 1. The van der Waals surface area contributed by atoms with Gasteiger partial charge < -0.3 is 9.73 Å². The second-order valence-electron chi connectivity index (χ2n) is 4.28. The molecular weight excluding hydrogens is 292 g/mol. The summed E-state index contributed by atoms with van der Waals surface area (Å²) in [6.45, 7) is 5.86. The summed E-state index contributed by atoms with van der Waals surface area (Å²) in [6.07, 6.45) is 2.89. The Labute approximate surface area is 116 Å². The minimum absolute atomic E-state index is 0.678. The van der Waals surface area contributed by atoms with Crippen LogP contribution in [0.2, 0.25) is 0 Å². The maximum atomic E-state index is 5.75. The highest BCUT2D eigenvalue weighted by molar-refractivity contribution is 9.10. The van der Waals surface area contributed by atoms with Crippen LogP contribution in [-0.4, -0.2) is 11.5 Å². The SMILES string of the molecule is CCCNCc1ncc(-c2cc(C)ccc2Br)o1. The first-order chi connectivity index (χ1) is 8.70. The summed E-state index contributed by atoms with van der Waals surface area (Å²) in [5, 5.41) is 3.27. The van der Waals surface area contributed by atoms with Crippen molar-refractivity contribution in [2.24, 2.45) is 0 Å². The molecule has 0 fully saturated rings. The Morgan fingerprint density at radius 3 is 3.00 bits per heavy atom. The molecule has 0 aliphatic heterocycles. The van der Waals surface area contributed by atoms with Crippen LogP contribution in [0.4, 0.5) is 0 Å². The van der Waals surface area contributed by atoms with Crippen molar-refractivity contribution in [2.75, 3.05) is 6.54 Å². The minimum Gasteiger partial charge on any atom is -0.439 e. The van der Waals surface area contributed by atoms with Gasteiger partial charge in [-0.15, -0.1) is 0 Å². The molecule has 1 N–H and O–H groups in total. The van der Waals surface area contributed by atoms with Crippen LogP contribution in [0, 0.1) is 6.92 Å². The third kappa shape index (κ3) is 3.21. The Kier molecular flexibility index (Phi) is 4.55. The quantitative estimate of drug-likeness (QED) is 0.851. The van der Waals surface area contributed by atoms with E-state index in [4.69, 9.17) is 4.42 Å². The van der Waals surface area contributed by atoms with Gasteiger partial charge in [0.05, 0.1) is 12.7 Å². The summed E-state index contributed by atoms with van der Waals surface area (Å²) in [7, 11) is 0. The lowest BCUT2D eigenvalue weighted by molar-refractivity contribution is 0.477. The van der Waals surface area contributed by atoms with Crippen molar-refractivity contribution >= 4 is 15.9 Å². The van der Waals surface area contributed by atoms with E-state index in [0.29, 0.717) is 6.54 Å². The molecule has 0 aliphatic rings. The highest BCUT2D eigenvalue weighted by Gasteiger charge is 2.09. The lowest BCUT2D eigenvalue weighted by Crippen LogP contribution is -2.13. The van der Waals surface area contributed by atoms with Crippen molar-refractivity contribution in [1.29, 1.82) is 0 Å². The van der Waals surface area contributed by atoms with Crippen LogP contribution in [0.15, 0.2) is 33.3 Å². The number of nitrogens with one attached hydrogen (secondary N) is 1. The molecular formula is C14H17BrN2O. The third-order valence-electron chi connectivity index (χ3n) is 2.64. The van der Waals surface area contributed by atoms with E-state index in [1.807, 2.05) is 6.07 Å². The highest BCUT2D eigenvalue weighted by atomic mass is 79.9. The fourth-order valence-corrected chi connectivity index (χ4v) is 2.16. The molecule has 18 heavy (non-hydrogen) atoms. The maximum Gasteiger partial charge on any atom is 0.208 e. The fraction of sp³-hybridized carbons (Fsp3) is 0.357. The van der Waals surface area contributed by atoms with Crippen LogP contribution in [0.25, 0.3) is 11.3 Å². The Morgan fingerprint density at radius 1 is 1.39 bits per heavy atom. The third-order valence-corrected chi connectivity index (χ3v) is 3.34. The van der Waals surface area contributed by atoms with E-state index in [1.165, 1.54) is 5.56 Å². The molecule has 1 aromatic heterocycles. The van der Waals surface area contributed by atoms with Gasteiger partial charge in [0.25, 0.3) is 0 Å². The standard InChI is InChI=1S/C14H17BrN2O/c1-3-6-16-9-14-17-8-13(18-14)11-7-10(2)4-5-12(11)15/h4-5,7-8,16H,3,6,9H2,1-2H3. The molecule has 0 saturated carbocycles. The van der Waals surface area contributed by atoms with Crippen LogP contribution < -0.4 is 5.32 Å². The van der Waals surface area contributed by atoms with Crippen LogP contribution in [0.5, 0.6) is 0 Å². The number of halogens is 1. The first-order valence-electron chi connectivity index (χ1n) is 6.12. The molecule has 96 valence electrons. The van der Waals surface area contributed by atoms with E-state index < -0.39 is 0 Å². The predicted octanol–water partition coefficient (Wildman–Crippen LogP) is 3.91. The normalized spacial score (nSPS) is 10.8. The molecule has 0 bridgehead atoms. The molecule has 0 amide bonds. The van der Waals surface area contributed by atoms with Crippen molar-refractivity contribution in [1.82, 2.24) is 10.3 Å². The molecule has 0 radical (unpaired) electrons. The molecule has 0 spiro atoms. The summed E-state index contributed by atoms with van der Waals surface area (Å²) in [4.78, 5) is 4.29. The fourth-order valence-electron chi connectivity index (χ4n) is 1.72. The molecule has 0 saturated heterocycles. The van der Waals surface area contributed by atoms with Crippen LogP contribution in [-0.2, 0) is 6.54 Å². The molecule has 2 aromatic rings. The molecule has 1 aromatic carbocycles. The van der Waals surface area contributed by atoms with E-state index in [-0.39, 0.29) is 0 Å². The van der Waals surface area contributed by atoms with Crippen molar-refractivity contribution in [3.05, 3.63) is 40.3 Å². The number of aromatic nitrogens is 1. The van der Waals surface area contributed by atoms with Gasteiger partial charge in [-0.2, -0.15) is 0 Å². The number of hydrogen-bond acceptors (Lipinski definition) is 3. The van der Waals surface area contributed by atoms with E-state index in [0.717, 1.165) is 34.7 Å². The minimum atomic E-state index is 0.678. The first kappa shape index (κ1) is 13.3. The molecule has 0 unspecified atom stereocenters. The van der Waals surface area contributed by atoms with E-state index in [2.05, 4.69) is 52.2 Å². The van der Waals surface area contributed by atoms with Crippen molar-refractivity contribution in [3.8, 4) is 11.3 Å². The molecule has 2 rings (SSSR count). The van der Waals surface area contributed by atoms with E-state index in [1.54, 1.807) is 6.20 Å². The molecule has 0 aliphatic carbocycles. The summed E-state index contributed by atoms with van der Waals surface area (Å²) in [6, 6.07) is 6.18. The highest BCUT2D eigenvalue weighted by Crippen LogP contribution is 2.29. The molecule has 0 atom stereocenters. The van der Waals surface area contributed by atoms with Gasteiger partial charge >= 0.3 is 0 Å². The Bertz CT molecular complexity index is 522. The number of nitrogens with zero attached hydrogens (tertiary/aromatic N) is 1. The Morgan fingerprint density at radius 2 is 2.22 bits per heavy atom. The lowest BCUT2D eigenvalue weighted by atomic mass is 10.1. The van der Waals surface area contributed by atoms with Crippen LogP contribution in [0.1, 0.15) is 24.8 Å². The van der Waals surface area contributed by atoms with Gasteiger partial charge in [0.15, 0.2) is 5.76 Å². The smallest absolute Gasteiger partial charge is 0.208 e. The zero-order chi connectivity index (χ0) is 13.0. The monoisotopic (exact) mass is 308 g/mol. The summed E-state index contributed by atoms with van der Waals surface area (Å²) in [5.41, 5.74) is 2.25. The zero-order valence-corrected chi connectivity index (χ0v) is 12.3. The topological polar surface area (TPSA) is 38.1 Å². The lowest BCUT2D eigenvalue weighted by Gasteiger charge is -2.02. The molecule has 4 heteroatoms. The van der Waals surface area contributed by atoms with E-state index >= 15 is 0 Å². The number of rotatable bonds is 5. The van der Waals surface area contributed by atoms with Crippen LogP contribution >= 0.6 is 15.9 Å². The van der Waals surface area contributed by atoms with Crippen LogP contribution in [0.3, 0.4) is 0 Å². The maximum absolute atomic E-state index is 5.75. The summed E-state index contributed by atoms with van der Waals surface area (Å²) in [5.74, 6) is 1.53. The summed E-state index contributed by atoms with van der Waals surface area (Å²) >= 11 is 3.54. The first-order valence-corrected chi connectivity index (χ1v) is 6.92. The van der Waals surface area contributed by atoms with Gasteiger partial charge in [-0.05, 0) is 32.0 Å². The van der Waals surface area contributed by atoms with Gasteiger partial charge in [0, 0.05) is 10.0 Å². The zero-order valence-electron chi connectivity index (χ0n) is 10.7. The Hall–Kier alpha value is -1.13. The predicted molar refractivity (Wildman–Crippen MR) is 76.4 cm³/mol.